The number of hydrogen-bond donors (Lipinski definition) is 0. The lowest BCUT2D eigenvalue weighted by molar-refractivity contribution is 0.0898. The number of ether oxygens (including phenoxy) is 1. The van der Waals surface area contributed by atoms with Crippen LogP contribution in [-0.2, 0) is 11.5 Å². The first kappa shape index (κ1) is 18.8. The van der Waals surface area contributed by atoms with Gasteiger partial charge in [0.1, 0.15) is 17.9 Å². The first-order valence-corrected chi connectivity index (χ1v) is 12.8. The Balaban J connectivity index is 1.90. The predicted molar refractivity (Wildman–Crippen MR) is 103 cm³/mol. The highest BCUT2D eigenvalue weighted by atomic mass is 32.1. The van der Waals surface area contributed by atoms with Crippen LogP contribution in [0, 0.1) is 0 Å². The van der Waals surface area contributed by atoms with E-state index in [9.17, 15) is 8.78 Å². The highest BCUT2D eigenvalue weighted by Crippen LogP contribution is 2.26. The van der Waals surface area contributed by atoms with Gasteiger partial charge in [-0.05, 0) is 6.04 Å². The Bertz CT molecular complexity index is 915. The van der Waals surface area contributed by atoms with Gasteiger partial charge in [-0.1, -0.05) is 19.6 Å². The van der Waals surface area contributed by atoms with E-state index in [2.05, 4.69) is 34.6 Å². The zero-order valence-electron chi connectivity index (χ0n) is 14.9. The third-order valence-corrected chi connectivity index (χ3v) is 6.27. The van der Waals surface area contributed by atoms with Crippen molar-refractivity contribution in [1.29, 1.82) is 0 Å². The molecular formula is C17H20F2N4OSSi. The number of hydrogen-bond acceptors (Lipinski definition) is 5. The Kier molecular flexibility index (Phi) is 5.59. The van der Waals surface area contributed by atoms with Crippen LogP contribution in [-0.4, -0.2) is 34.2 Å². The molecule has 3 aromatic heterocycles. The monoisotopic (exact) mass is 394 g/mol. The van der Waals surface area contributed by atoms with Crippen LogP contribution in [0.5, 0.6) is 0 Å². The minimum Gasteiger partial charge on any atom is -0.361 e. The highest BCUT2D eigenvalue weighted by molar-refractivity contribution is 7.13. The molecule has 0 N–H and O–H groups in total. The van der Waals surface area contributed by atoms with Gasteiger partial charge in [-0.3, -0.25) is 4.98 Å². The van der Waals surface area contributed by atoms with Gasteiger partial charge in [0, 0.05) is 38.7 Å². The highest BCUT2D eigenvalue weighted by Gasteiger charge is 2.15. The van der Waals surface area contributed by atoms with Gasteiger partial charge < -0.3 is 9.30 Å². The molecule has 5 nitrogen and oxygen atoms in total. The van der Waals surface area contributed by atoms with Crippen LogP contribution >= 0.6 is 11.3 Å². The average molecular weight is 395 g/mol. The van der Waals surface area contributed by atoms with Crippen LogP contribution in [0.25, 0.3) is 27.8 Å². The molecule has 0 bridgehead atoms. The molecule has 138 valence electrons. The summed E-state index contributed by atoms with van der Waals surface area (Å²) < 4.78 is 33.1. The average Bonchev–Trinajstić information content (AvgIpc) is 3.19. The normalized spacial score (nSPS) is 11.9. The number of halogens is 2. The second kappa shape index (κ2) is 7.73. The van der Waals surface area contributed by atoms with Crippen LogP contribution in [0.3, 0.4) is 0 Å². The van der Waals surface area contributed by atoms with E-state index >= 15 is 0 Å². The SMILES string of the molecule is C[Si](C)(C)CCOCn1cc(C=C(F)F)c2nc(-c3cncs3)cnc21. The maximum Gasteiger partial charge on any atom is 0.271 e. The van der Waals surface area contributed by atoms with Crippen molar-refractivity contribution in [2.75, 3.05) is 6.61 Å². The Morgan fingerprint density at radius 1 is 1.31 bits per heavy atom. The van der Waals surface area contributed by atoms with Gasteiger partial charge in [-0.2, -0.15) is 8.78 Å². The first-order chi connectivity index (χ1) is 12.3. The number of nitrogens with zero attached hydrogens (tertiary/aromatic N) is 4. The van der Waals surface area contributed by atoms with E-state index in [1.807, 2.05) is 0 Å². The summed E-state index contributed by atoms with van der Waals surface area (Å²) >= 11 is 1.43. The number of fused-ring (bicyclic) bond motifs is 1. The van der Waals surface area contributed by atoms with Crippen LogP contribution in [0.4, 0.5) is 8.78 Å². The molecule has 0 unspecified atom stereocenters. The largest absolute Gasteiger partial charge is 0.361 e. The first-order valence-electron chi connectivity index (χ1n) is 8.19. The summed E-state index contributed by atoms with van der Waals surface area (Å²) in [5.74, 6) is 0. The van der Waals surface area contributed by atoms with E-state index in [-0.39, 0.29) is 6.73 Å². The Morgan fingerprint density at radius 2 is 2.12 bits per heavy atom. The van der Waals surface area contributed by atoms with Crippen molar-refractivity contribution in [3.05, 3.63) is 35.7 Å². The molecule has 3 rings (SSSR count). The van der Waals surface area contributed by atoms with Crippen LogP contribution in [0.1, 0.15) is 5.56 Å². The molecule has 0 radical (unpaired) electrons. The zero-order valence-corrected chi connectivity index (χ0v) is 16.7. The molecule has 0 spiro atoms. The van der Waals surface area contributed by atoms with E-state index in [4.69, 9.17) is 4.74 Å². The number of thiazole rings is 1. The molecule has 9 heteroatoms. The van der Waals surface area contributed by atoms with Crippen molar-refractivity contribution in [2.24, 2.45) is 0 Å². The molecule has 0 saturated carbocycles. The van der Waals surface area contributed by atoms with E-state index in [0.29, 0.717) is 29.0 Å². The molecule has 26 heavy (non-hydrogen) atoms. The second-order valence-electron chi connectivity index (χ2n) is 7.13. The van der Waals surface area contributed by atoms with E-state index in [1.54, 1.807) is 28.7 Å². The maximum absolute atomic E-state index is 12.8. The Labute approximate surface area is 155 Å². The van der Waals surface area contributed by atoms with Crippen molar-refractivity contribution >= 4 is 36.7 Å². The van der Waals surface area contributed by atoms with Crippen molar-refractivity contribution < 1.29 is 13.5 Å². The van der Waals surface area contributed by atoms with Crippen molar-refractivity contribution in [3.63, 3.8) is 0 Å². The fourth-order valence-electron chi connectivity index (χ4n) is 2.40. The summed E-state index contributed by atoms with van der Waals surface area (Å²) in [5, 5.41) is 0. The molecule has 0 fully saturated rings. The van der Waals surface area contributed by atoms with Gasteiger partial charge in [0.15, 0.2) is 5.65 Å². The molecular weight excluding hydrogens is 374 g/mol. The molecule has 0 aliphatic heterocycles. The minimum atomic E-state index is -1.77. The zero-order chi connectivity index (χ0) is 18.7. The van der Waals surface area contributed by atoms with Crippen molar-refractivity contribution in [3.8, 4) is 10.6 Å². The van der Waals surface area contributed by atoms with Gasteiger partial charge in [-0.25, -0.2) is 9.97 Å². The standard InChI is InChI=1S/C17H20F2N4OSSi/c1-26(2,3)5-4-24-11-23-9-12(6-15(18)19)16-17(23)21-7-13(22-16)14-8-20-10-25-14/h6-10H,4-5,11H2,1-3H3. The number of aromatic nitrogens is 4. The van der Waals surface area contributed by atoms with Gasteiger partial charge in [0.05, 0.1) is 16.6 Å². The molecule has 0 aromatic carbocycles. The number of rotatable bonds is 7. The van der Waals surface area contributed by atoms with E-state index < -0.39 is 14.2 Å². The van der Waals surface area contributed by atoms with Crippen molar-refractivity contribution in [2.45, 2.75) is 32.4 Å². The smallest absolute Gasteiger partial charge is 0.271 e. The second-order valence-corrected chi connectivity index (χ2v) is 13.6. The van der Waals surface area contributed by atoms with Gasteiger partial charge in [0.2, 0.25) is 0 Å². The van der Waals surface area contributed by atoms with Crippen LogP contribution in [0.15, 0.2) is 30.2 Å². The molecule has 0 aliphatic carbocycles. The molecule has 0 amide bonds. The molecule has 3 heterocycles. The fraction of sp³-hybridized carbons (Fsp3) is 0.353. The van der Waals surface area contributed by atoms with Gasteiger partial charge in [-0.15, -0.1) is 11.3 Å². The summed E-state index contributed by atoms with van der Waals surface area (Å²) in [5.41, 5.74) is 3.59. The topological polar surface area (TPSA) is 52.8 Å². The summed E-state index contributed by atoms with van der Waals surface area (Å²) in [7, 11) is -1.18. The summed E-state index contributed by atoms with van der Waals surface area (Å²) in [6.45, 7) is 7.74. The summed E-state index contributed by atoms with van der Waals surface area (Å²) in [6.07, 6.45) is 3.96. The van der Waals surface area contributed by atoms with E-state index in [1.165, 1.54) is 11.3 Å². The lowest BCUT2D eigenvalue weighted by Crippen LogP contribution is -2.22. The third-order valence-electron chi connectivity index (χ3n) is 3.77. The molecule has 0 aliphatic rings. The van der Waals surface area contributed by atoms with E-state index in [0.717, 1.165) is 17.0 Å². The quantitative estimate of drug-likeness (QED) is 0.413. The lowest BCUT2D eigenvalue weighted by Gasteiger charge is -2.15. The minimum absolute atomic E-state index is 0.261. The van der Waals surface area contributed by atoms with Crippen LogP contribution in [0.2, 0.25) is 25.7 Å². The van der Waals surface area contributed by atoms with Crippen molar-refractivity contribution in [1.82, 2.24) is 19.5 Å². The van der Waals surface area contributed by atoms with Gasteiger partial charge in [0.25, 0.3) is 6.08 Å². The maximum atomic E-state index is 12.8. The predicted octanol–water partition coefficient (Wildman–Crippen LogP) is 5.10. The fourth-order valence-corrected chi connectivity index (χ4v) is 3.73. The Hall–Kier alpha value is -1.97. The Morgan fingerprint density at radius 3 is 2.77 bits per heavy atom. The molecule has 0 saturated heterocycles. The van der Waals surface area contributed by atoms with Gasteiger partial charge >= 0.3 is 0 Å². The third kappa shape index (κ3) is 4.60. The lowest BCUT2D eigenvalue weighted by atomic mass is 10.3. The summed E-state index contributed by atoms with van der Waals surface area (Å²) in [6, 6.07) is 1.04. The van der Waals surface area contributed by atoms with Crippen LogP contribution < -0.4 is 0 Å². The molecule has 3 aromatic rings. The summed E-state index contributed by atoms with van der Waals surface area (Å²) in [4.78, 5) is 13.8. The molecule has 0 atom stereocenters.